The van der Waals surface area contributed by atoms with Gasteiger partial charge in [-0.1, -0.05) is 39.0 Å². The van der Waals surface area contributed by atoms with Crippen molar-refractivity contribution in [1.29, 1.82) is 0 Å². The molecule has 5 heteroatoms. The fourth-order valence-corrected chi connectivity index (χ4v) is 1.80. The van der Waals surface area contributed by atoms with Crippen LogP contribution < -0.4 is 10.6 Å². The molecule has 0 spiro atoms. The minimum absolute atomic E-state index is 0.150. The van der Waals surface area contributed by atoms with Gasteiger partial charge in [-0.25, -0.2) is 0 Å². The van der Waals surface area contributed by atoms with Crippen LogP contribution in [0, 0.1) is 0 Å². The van der Waals surface area contributed by atoms with Crippen molar-refractivity contribution in [1.82, 2.24) is 15.2 Å². The summed E-state index contributed by atoms with van der Waals surface area (Å²) in [6.07, 6.45) is 3.34. The number of anilines is 3. The van der Waals surface area contributed by atoms with Crippen molar-refractivity contribution >= 4 is 17.5 Å². The van der Waals surface area contributed by atoms with Gasteiger partial charge in [-0.15, -0.1) is 11.7 Å². The summed E-state index contributed by atoms with van der Waals surface area (Å²) in [6, 6.07) is 8.32. The zero-order valence-electron chi connectivity index (χ0n) is 12.7. The molecule has 0 saturated carbocycles. The van der Waals surface area contributed by atoms with Crippen molar-refractivity contribution in [2.75, 3.05) is 17.2 Å². The van der Waals surface area contributed by atoms with Crippen LogP contribution in [0.3, 0.4) is 0 Å². The second-order valence-electron chi connectivity index (χ2n) is 5.79. The smallest absolute Gasteiger partial charge is 0.244 e. The number of aromatic nitrogens is 3. The van der Waals surface area contributed by atoms with Gasteiger partial charge in [0.25, 0.3) is 0 Å². The van der Waals surface area contributed by atoms with Gasteiger partial charge in [-0.3, -0.25) is 0 Å². The molecule has 0 amide bonds. The molecule has 0 aliphatic rings. The molecule has 1 heterocycles. The predicted molar refractivity (Wildman–Crippen MR) is 86.9 cm³/mol. The molecule has 2 rings (SSSR count). The highest BCUT2D eigenvalue weighted by Gasteiger charge is 2.12. The third-order valence-electron chi connectivity index (χ3n) is 2.99. The molecule has 1 aromatic carbocycles. The molecule has 0 saturated heterocycles. The van der Waals surface area contributed by atoms with E-state index in [1.54, 1.807) is 12.3 Å². The molecule has 5 nitrogen and oxygen atoms in total. The van der Waals surface area contributed by atoms with Crippen LogP contribution in [0.1, 0.15) is 26.3 Å². The molecule has 2 aromatic rings. The quantitative estimate of drug-likeness (QED) is 0.822. The average molecular weight is 283 g/mol. The van der Waals surface area contributed by atoms with Gasteiger partial charge in [-0.2, -0.15) is 10.1 Å². The van der Waals surface area contributed by atoms with Gasteiger partial charge in [0.1, 0.15) is 0 Å². The first-order valence-electron chi connectivity index (χ1n) is 6.91. The van der Waals surface area contributed by atoms with Crippen LogP contribution in [0.25, 0.3) is 0 Å². The molecule has 1 aromatic heterocycles. The maximum Gasteiger partial charge on any atom is 0.244 e. The lowest BCUT2D eigenvalue weighted by atomic mass is 9.87. The van der Waals surface area contributed by atoms with Crippen LogP contribution in [0.5, 0.6) is 0 Å². The molecule has 0 atom stereocenters. The molecule has 0 aliphatic heterocycles. The molecule has 0 bridgehead atoms. The minimum atomic E-state index is 0.150. The average Bonchev–Trinajstić information content (AvgIpc) is 2.45. The maximum absolute atomic E-state index is 4.33. The van der Waals surface area contributed by atoms with Crippen LogP contribution in [-0.2, 0) is 5.41 Å². The Morgan fingerprint density at radius 3 is 2.52 bits per heavy atom. The first kappa shape index (κ1) is 15.0. The lowest BCUT2D eigenvalue weighted by Gasteiger charge is -2.19. The van der Waals surface area contributed by atoms with Gasteiger partial charge in [0, 0.05) is 12.2 Å². The number of nitrogens with one attached hydrogen (secondary N) is 2. The Kier molecular flexibility index (Phi) is 4.52. The van der Waals surface area contributed by atoms with Gasteiger partial charge in [-0.05, 0) is 23.1 Å². The first-order chi connectivity index (χ1) is 9.99. The normalized spacial score (nSPS) is 11.0. The van der Waals surface area contributed by atoms with Crippen molar-refractivity contribution in [2.45, 2.75) is 26.2 Å². The molecule has 0 fully saturated rings. The van der Waals surface area contributed by atoms with E-state index in [1.807, 2.05) is 12.1 Å². The number of hydrogen-bond acceptors (Lipinski definition) is 5. The van der Waals surface area contributed by atoms with E-state index in [0.29, 0.717) is 18.3 Å². The van der Waals surface area contributed by atoms with Crippen LogP contribution in [0.2, 0.25) is 0 Å². The van der Waals surface area contributed by atoms with E-state index >= 15 is 0 Å². The SMILES string of the molecule is C=CCNc1nncc(Nc2ccc(C(C)(C)C)cc2)n1. The van der Waals surface area contributed by atoms with Crippen molar-refractivity contribution < 1.29 is 0 Å². The lowest BCUT2D eigenvalue weighted by Crippen LogP contribution is -2.10. The van der Waals surface area contributed by atoms with E-state index in [0.717, 1.165) is 5.69 Å². The Hall–Kier alpha value is -2.43. The Morgan fingerprint density at radius 2 is 1.90 bits per heavy atom. The van der Waals surface area contributed by atoms with Gasteiger partial charge < -0.3 is 10.6 Å². The Morgan fingerprint density at radius 1 is 1.19 bits per heavy atom. The van der Waals surface area contributed by atoms with E-state index in [4.69, 9.17) is 0 Å². The summed E-state index contributed by atoms with van der Waals surface area (Å²) < 4.78 is 0. The van der Waals surface area contributed by atoms with Crippen LogP contribution in [0.4, 0.5) is 17.5 Å². The second kappa shape index (κ2) is 6.35. The summed E-state index contributed by atoms with van der Waals surface area (Å²) in [5, 5.41) is 14.1. The topological polar surface area (TPSA) is 62.7 Å². The van der Waals surface area contributed by atoms with Crippen molar-refractivity contribution in [2.24, 2.45) is 0 Å². The largest absolute Gasteiger partial charge is 0.349 e. The summed E-state index contributed by atoms with van der Waals surface area (Å²) >= 11 is 0. The third-order valence-corrected chi connectivity index (χ3v) is 2.99. The Labute approximate surface area is 125 Å². The number of benzene rings is 1. The van der Waals surface area contributed by atoms with E-state index in [-0.39, 0.29) is 5.41 Å². The number of hydrogen-bond donors (Lipinski definition) is 2. The number of rotatable bonds is 5. The Balaban J connectivity index is 2.09. The monoisotopic (exact) mass is 283 g/mol. The Bertz CT molecular complexity index is 599. The molecule has 2 N–H and O–H groups in total. The van der Waals surface area contributed by atoms with Crippen LogP contribution >= 0.6 is 0 Å². The van der Waals surface area contributed by atoms with Gasteiger partial charge in [0.2, 0.25) is 5.95 Å². The standard InChI is InChI=1S/C16H21N5/c1-5-10-17-15-20-14(11-18-21-15)19-13-8-6-12(7-9-13)16(2,3)4/h5-9,11H,1,10H2,2-4H3,(H2,17,19,20,21). The zero-order chi connectivity index (χ0) is 15.3. The summed E-state index contributed by atoms with van der Waals surface area (Å²) in [6.45, 7) is 10.8. The molecule has 0 aliphatic carbocycles. The van der Waals surface area contributed by atoms with Crippen molar-refractivity contribution in [3.63, 3.8) is 0 Å². The lowest BCUT2D eigenvalue weighted by molar-refractivity contribution is 0.590. The predicted octanol–water partition coefficient (Wildman–Crippen LogP) is 3.51. The fraction of sp³-hybridized carbons (Fsp3) is 0.312. The van der Waals surface area contributed by atoms with E-state index < -0.39 is 0 Å². The summed E-state index contributed by atoms with van der Waals surface area (Å²) in [4.78, 5) is 4.33. The molecular weight excluding hydrogens is 262 g/mol. The highest BCUT2D eigenvalue weighted by atomic mass is 15.3. The second-order valence-corrected chi connectivity index (χ2v) is 5.79. The fourth-order valence-electron chi connectivity index (χ4n) is 1.80. The van der Waals surface area contributed by atoms with Crippen LogP contribution in [-0.4, -0.2) is 21.7 Å². The van der Waals surface area contributed by atoms with E-state index in [9.17, 15) is 0 Å². The molecule has 21 heavy (non-hydrogen) atoms. The van der Waals surface area contributed by atoms with E-state index in [1.165, 1.54) is 5.56 Å². The number of nitrogens with zero attached hydrogens (tertiary/aromatic N) is 3. The third kappa shape index (κ3) is 4.27. The first-order valence-corrected chi connectivity index (χ1v) is 6.91. The van der Waals surface area contributed by atoms with Crippen LogP contribution in [0.15, 0.2) is 43.1 Å². The summed E-state index contributed by atoms with van der Waals surface area (Å²) in [5.74, 6) is 1.13. The minimum Gasteiger partial charge on any atom is -0.349 e. The van der Waals surface area contributed by atoms with Crippen molar-refractivity contribution in [3.8, 4) is 0 Å². The van der Waals surface area contributed by atoms with Gasteiger partial charge >= 0.3 is 0 Å². The summed E-state index contributed by atoms with van der Waals surface area (Å²) in [5.41, 5.74) is 2.41. The summed E-state index contributed by atoms with van der Waals surface area (Å²) in [7, 11) is 0. The van der Waals surface area contributed by atoms with Gasteiger partial charge in [0.15, 0.2) is 5.82 Å². The maximum atomic E-state index is 4.33. The van der Waals surface area contributed by atoms with Crippen molar-refractivity contribution in [3.05, 3.63) is 48.7 Å². The molecule has 0 unspecified atom stereocenters. The zero-order valence-corrected chi connectivity index (χ0v) is 12.7. The molecule has 0 radical (unpaired) electrons. The highest BCUT2D eigenvalue weighted by molar-refractivity contribution is 5.56. The molecule has 110 valence electrons. The molecular formula is C16H21N5. The van der Waals surface area contributed by atoms with Gasteiger partial charge in [0.05, 0.1) is 6.20 Å². The highest BCUT2D eigenvalue weighted by Crippen LogP contribution is 2.24. The van der Waals surface area contributed by atoms with E-state index in [2.05, 4.69) is 65.3 Å².